The summed E-state index contributed by atoms with van der Waals surface area (Å²) < 4.78 is 7.29. The van der Waals surface area contributed by atoms with Crippen molar-refractivity contribution in [3.63, 3.8) is 0 Å². The molecule has 0 fully saturated rings. The van der Waals surface area contributed by atoms with Crippen LogP contribution in [0.1, 0.15) is 156 Å². The average Bonchev–Trinajstić information content (AvgIpc) is 3.91. The predicted octanol–water partition coefficient (Wildman–Crippen LogP) is 18.4. The van der Waals surface area contributed by atoms with Crippen LogP contribution in [0.3, 0.4) is 0 Å². The van der Waals surface area contributed by atoms with Gasteiger partial charge in [0.1, 0.15) is 5.58 Å². The van der Waals surface area contributed by atoms with E-state index < -0.39 is 0 Å². The van der Waals surface area contributed by atoms with Crippen molar-refractivity contribution >= 4 is 96.2 Å². The zero-order valence-corrected chi connectivity index (χ0v) is 48.2. The molecule has 0 bridgehead atoms. The lowest BCUT2D eigenvalue weighted by atomic mass is 9.33. The summed E-state index contributed by atoms with van der Waals surface area (Å²) >= 11 is 0. The summed E-state index contributed by atoms with van der Waals surface area (Å²) in [6, 6.07) is 60.7. The molecular formula is C72H76BN3O. The molecule has 1 aromatic heterocycles. The van der Waals surface area contributed by atoms with E-state index in [0.29, 0.717) is 0 Å². The third-order valence-electron chi connectivity index (χ3n) is 18.9. The monoisotopic (exact) mass is 1010 g/mol. The minimum atomic E-state index is -0.184. The van der Waals surface area contributed by atoms with Crippen LogP contribution >= 0.6 is 0 Å². The van der Waals surface area contributed by atoms with Gasteiger partial charge in [-0.3, -0.25) is 0 Å². The summed E-state index contributed by atoms with van der Waals surface area (Å²) in [7, 11) is 0. The molecule has 0 saturated heterocycles. The summed E-state index contributed by atoms with van der Waals surface area (Å²) in [4.78, 5) is 7.72. The van der Waals surface area contributed by atoms with Gasteiger partial charge in [-0.25, -0.2) is 0 Å². The van der Waals surface area contributed by atoms with E-state index in [9.17, 15) is 0 Å². The van der Waals surface area contributed by atoms with Crippen LogP contribution in [0.4, 0.5) is 51.2 Å². The maximum Gasteiger partial charge on any atom is 0.252 e. The predicted molar refractivity (Wildman–Crippen MR) is 330 cm³/mol. The van der Waals surface area contributed by atoms with Gasteiger partial charge >= 0.3 is 0 Å². The molecular weight excluding hydrogens is 934 g/mol. The second-order valence-electron chi connectivity index (χ2n) is 28.0. The molecule has 0 amide bonds. The molecule has 8 aromatic carbocycles. The normalized spacial score (nSPS) is 17.6. The fraction of sp³-hybridized carbons (Fsp3) is 0.333. The lowest BCUT2D eigenvalue weighted by Crippen LogP contribution is -2.62. The Kier molecular flexibility index (Phi) is 10.8. The maximum absolute atomic E-state index is 7.29. The SMILES string of the molecule is CC(C)(C)c1cc2c3c(c1)N(c1cccc4c1oc1cc(C(C)(C)C)ccc14)c1cc(N(c4ccccc4)c4ccccc4)ccc1B3c1cc3c(cc1N2c1ccc2c(c1)C(C)(C)CCC2(C)C)C(C)(C)CCC3(C)C. The van der Waals surface area contributed by atoms with E-state index in [4.69, 9.17) is 4.42 Å². The molecule has 0 unspecified atom stereocenters. The first kappa shape index (κ1) is 49.6. The number of anilines is 9. The molecule has 9 aromatic rings. The van der Waals surface area contributed by atoms with Crippen LogP contribution in [0, 0.1) is 0 Å². The molecule has 0 atom stereocenters. The Morgan fingerprint density at radius 2 is 0.974 bits per heavy atom. The molecule has 5 heteroatoms. The first-order chi connectivity index (χ1) is 36.4. The highest BCUT2D eigenvalue weighted by Gasteiger charge is 2.48. The number of rotatable bonds is 5. The summed E-state index contributed by atoms with van der Waals surface area (Å²) in [5, 5.41) is 2.26. The molecule has 13 rings (SSSR count). The van der Waals surface area contributed by atoms with Crippen molar-refractivity contribution in [1.82, 2.24) is 0 Å². The Hall–Kier alpha value is -6.98. The Bertz CT molecular complexity index is 3820. The molecule has 4 nitrogen and oxygen atoms in total. The second-order valence-corrected chi connectivity index (χ2v) is 28.0. The standard InChI is InChI=1S/C72H76BN3O/c1-67(2,3)45-28-31-51-52-26-21-27-59(66(52)77-64(51)40-45)76-60-42-50(74(47-22-17-15-18-23-47)48-24-19-16-20-25-48)30-33-57(60)73-58-43-55-56(72(13,14)37-36-71(55,11)12)44-61(58)75(62-38-46(68(4,5)6)39-63(76)65(62)73)49-29-32-53-54(41-49)70(9,10)35-34-69(53,7)8/h15-33,38-44H,34-37H2,1-14H3. The average molecular weight is 1010 g/mol. The third kappa shape index (κ3) is 7.75. The highest BCUT2D eigenvalue weighted by Crippen LogP contribution is 2.54. The van der Waals surface area contributed by atoms with Crippen LogP contribution in [-0.4, -0.2) is 6.71 Å². The van der Waals surface area contributed by atoms with Crippen molar-refractivity contribution in [1.29, 1.82) is 0 Å². The van der Waals surface area contributed by atoms with Gasteiger partial charge in [-0.15, -0.1) is 0 Å². The minimum absolute atomic E-state index is 0.00832. The summed E-state index contributed by atoms with van der Waals surface area (Å²) in [6.45, 7) is 33.7. The summed E-state index contributed by atoms with van der Waals surface area (Å²) in [5.74, 6) is 0. The molecule has 2 aliphatic carbocycles. The van der Waals surface area contributed by atoms with Crippen molar-refractivity contribution < 1.29 is 4.42 Å². The van der Waals surface area contributed by atoms with Crippen molar-refractivity contribution in [3.8, 4) is 0 Å². The van der Waals surface area contributed by atoms with Gasteiger partial charge in [0.15, 0.2) is 5.58 Å². The Morgan fingerprint density at radius 1 is 0.416 bits per heavy atom. The quantitative estimate of drug-likeness (QED) is 0.160. The maximum atomic E-state index is 7.29. The van der Waals surface area contributed by atoms with Gasteiger partial charge in [0, 0.05) is 56.3 Å². The first-order valence-corrected chi connectivity index (χ1v) is 28.5. The topological polar surface area (TPSA) is 22.9 Å². The highest BCUT2D eigenvalue weighted by atomic mass is 16.3. The van der Waals surface area contributed by atoms with E-state index in [0.717, 1.165) is 69.6 Å². The van der Waals surface area contributed by atoms with Gasteiger partial charge in [0.2, 0.25) is 0 Å². The van der Waals surface area contributed by atoms with Crippen LogP contribution < -0.4 is 31.1 Å². The van der Waals surface area contributed by atoms with E-state index in [1.165, 1.54) is 78.9 Å². The van der Waals surface area contributed by atoms with E-state index in [1.54, 1.807) is 0 Å². The molecule has 3 heterocycles. The largest absolute Gasteiger partial charge is 0.454 e. The zero-order chi connectivity index (χ0) is 53.9. The zero-order valence-electron chi connectivity index (χ0n) is 48.2. The van der Waals surface area contributed by atoms with E-state index in [1.807, 2.05) is 0 Å². The van der Waals surface area contributed by atoms with Gasteiger partial charge in [0.25, 0.3) is 6.71 Å². The van der Waals surface area contributed by atoms with Crippen LogP contribution in [-0.2, 0) is 32.5 Å². The van der Waals surface area contributed by atoms with Crippen molar-refractivity contribution in [2.45, 2.75) is 155 Å². The first-order valence-electron chi connectivity index (χ1n) is 28.5. The summed E-state index contributed by atoms with van der Waals surface area (Å²) in [6.07, 6.45) is 4.64. The number of para-hydroxylation sites is 3. The molecule has 0 saturated carbocycles. The van der Waals surface area contributed by atoms with Crippen LogP contribution in [0.2, 0.25) is 0 Å². The Morgan fingerprint density at radius 3 is 1.58 bits per heavy atom. The van der Waals surface area contributed by atoms with Crippen molar-refractivity contribution in [2.75, 3.05) is 14.7 Å². The molecule has 0 spiro atoms. The lowest BCUT2D eigenvalue weighted by molar-refractivity contribution is 0.332. The molecule has 0 N–H and O–H groups in total. The smallest absolute Gasteiger partial charge is 0.252 e. The molecule has 0 radical (unpaired) electrons. The Labute approximate surface area is 459 Å². The second kappa shape index (κ2) is 16.8. The number of benzene rings is 8. The van der Waals surface area contributed by atoms with Gasteiger partial charge in [-0.05, 0) is 187 Å². The number of nitrogens with zero attached hydrogens (tertiary/aromatic N) is 3. The third-order valence-corrected chi connectivity index (χ3v) is 18.9. The van der Waals surface area contributed by atoms with Crippen LogP contribution in [0.5, 0.6) is 0 Å². The van der Waals surface area contributed by atoms with Crippen molar-refractivity contribution in [3.05, 3.63) is 191 Å². The van der Waals surface area contributed by atoms with Crippen molar-refractivity contribution in [2.24, 2.45) is 0 Å². The van der Waals surface area contributed by atoms with Gasteiger partial charge in [0.05, 0.1) is 5.69 Å². The molecule has 4 aliphatic rings. The van der Waals surface area contributed by atoms with Gasteiger partial charge in [-0.1, -0.05) is 176 Å². The van der Waals surface area contributed by atoms with Gasteiger partial charge < -0.3 is 19.1 Å². The number of fused-ring (bicyclic) bond motifs is 9. The molecule has 2 aliphatic heterocycles. The fourth-order valence-electron chi connectivity index (χ4n) is 13.9. The van der Waals surface area contributed by atoms with E-state index in [2.05, 4.69) is 269 Å². The fourth-order valence-corrected chi connectivity index (χ4v) is 13.9. The highest BCUT2D eigenvalue weighted by molar-refractivity contribution is 7.00. The molecule has 77 heavy (non-hydrogen) atoms. The summed E-state index contributed by atoms with van der Waals surface area (Å²) in [5.41, 5.74) is 24.7. The number of hydrogen-bond donors (Lipinski definition) is 0. The lowest BCUT2D eigenvalue weighted by Gasteiger charge is -2.48. The number of hydrogen-bond acceptors (Lipinski definition) is 4. The molecule has 388 valence electrons. The minimum Gasteiger partial charge on any atom is -0.454 e. The number of furan rings is 1. The van der Waals surface area contributed by atoms with E-state index in [-0.39, 0.29) is 39.2 Å². The van der Waals surface area contributed by atoms with Gasteiger partial charge in [-0.2, -0.15) is 0 Å². The Balaban J connectivity index is 1.17. The van der Waals surface area contributed by atoms with Crippen LogP contribution in [0.15, 0.2) is 162 Å². The van der Waals surface area contributed by atoms with E-state index >= 15 is 0 Å². The van der Waals surface area contributed by atoms with Crippen LogP contribution in [0.25, 0.3) is 21.9 Å².